The first-order chi connectivity index (χ1) is 14.1. The summed E-state index contributed by atoms with van der Waals surface area (Å²) >= 11 is 5.95. The summed E-state index contributed by atoms with van der Waals surface area (Å²) in [5, 5.41) is 6.06. The third kappa shape index (κ3) is 4.59. The van der Waals surface area contributed by atoms with Crippen LogP contribution in [0.25, 0.3) is 0 Å². The number of rotatable bonds is 5. The van der Waals surface area contributed by atoms with Gasteiger partial charge in [-0.3, -0.25) is 4.79 Å². The van der Waals surface area contributed by atoms with Gasteiger partial charge in [0.25, 0.3) is 5.91 Å². The highest BCUT2D eigenvalue weighted by Crippen LogP contribution is 2.34. The van der Waals surface area contributed by atoms with Crippen molar-refractivity contribution in [1.29, 1.82) is 0 Å². The fourth-order valence-electron chi connectivity index (χ4n) is 2.75. The van der Waals surface area contributed by atoms with Gasteiger partial charge in [0.1, 0.15) is 18.1 Å². The molecule has 0 bridgehead atoms. The molecule has 0 saturated carbocycles. The van der Waals surface area contributed by atoms with Crippen LogP contribution in [0.15, 0.2) is 40.9 Å². The Bertz CT molecular complexity index is 1090. The van der Waals surface area contributed by atoms with Gasteiger partial charge in [0.15, 0.2) is 5.69 Å². The summed E-state index contributed by atoms with van der Waals surface area (Å²) in [6, 6.07) is 8.26. The predicted molar refractivity (Wildman–Crippen MR) is 106 cm³/mol. The number of carbonyl (C=O) groups is 1. The number of amides is 1. The molecule has 0 aliphatic carbocycles. The monoisotopic (exact) mass is 438 g/mol. The topological polar surface area (TPSA) is 64.4 Å². The molecule has 0 saturated heterocycles. The summed E-state index contributed by atoms with van der Waals surface area (Å²) in [7, 11) is 0. The van der Waals surface area contributed by atoms with E-state index >= 15 is 0 Å². The average molecular weight is 439 g/mol. The van der Waals surface area contributed by atoms with Crippen LogP contribution in [0.5, 0.6) is 5.75 Å². The molecule has 9 heteroatoms. The Balaban J connectivity index is 1.82. The van der Waals surface area contributed by atoms with Crippen LogP contribution in [0, 0.1) is 20.8 Å². The average Bonchev–Trinajstić information content (AvgIpc) is 3.04. The summed E-state index contributed by atoms with van der Waals surface area (Å²) in [6.07, 6.45) is -4.57. The number of anilines is 1. The molecule has 30 heavy (non-hydrogen) atoms. The van der Waals surface area contributed by atoms with Crippen LogP contribution in [-0.2, 0) is 12.8 Å². The van der Waals surface area contributed by atoms with Crippen molar-refractivity contribution in [2.75, 3.05) is 5.32 Å². The first-order valence-corrected chi connectivity index (χ1v) is 9.28. The lowest BCUT2D eigenvalue weighted by atomic mass is 10.1. The van der Waals surface area contributed by atoms with Gasteiger partial charge >= 0.3 is 6.18 Å². The Kier molecular flexibility index (Phi) is 6.07. The minimum absolute atomic E-state index is 0.00129. The minimum Gasteiger partial charge on any atom is -0.488 e. The maximum atomic E-state index is 13.0. The van der Waals surface area contributed by atoms with Gasteiger partial charge < -0.3 is 14.6 Å². The third-order valence-corrected chi connectivity index (χ3v) is 5.00. The Morgan fingerprint density at radius 3 is 2.63 bits per heavy atom. The number of alkyl halides is 3. The zero-order valence-electron chi connectivity index (χ0n) is 16.4. The van der Waals surface area contributed by atoms with E-state index in [4.69, 9.17) is 20.9 Å². The number of benzene rings is 2. The van der Waals surface area contributed by atoms with E-state index in [2.05, 4.69) is 10.5 Å². The Hall–Kier alpha value is -3.00. The van der Waals surface area contributed by atoms with Crippen LogP contribution in [0.2, 0.25) is 5.02 Å². The molecular weight excluding hydrogens is 421 g/mol. The van der Waals surface area contributed by atoms with Crippen LogP contribution >= 0.6 is 11.6 Å². The molecular formula is C21H18ClF3N2O3. The van der Waals surface area contributed by atoms with Crippen molar-refractivity contribution in [3.05, 3.63) is 75.1 Å². The highest BCUT2D eigenvalue weighted by molar-refractivity contribution is 6.34. The zero-order chi connectivity index (χ0) is 22.1. The van der Waals surface area contributed by atoms with E-state index in [1.807, 2.05) is 26.0 Å². The van der Waals surface area contributed by atoms with Gasteiger partial charge in [-0.2, -0.15) is 13.2 Å². The molecule has 0 atom stereocenters. The van der Waals surface area contributed by atoms with Gasteiger partial charge in [-0.25, -0.2) is 0 Å². The van der Waals surface area contributed by atoms with Crippen LogP contribution < -0.4 is 10.1 Å². The molecule has 0 unspecified atom stereocenters. The Morgan fingerprint density at radius 2 is 1.93 bits per heavy atom. The Morgan fingerprint density at radius 1 is 1.20 bits per heavy atom. The van der Waals surface area contributed by atoms with Crippen molar-refractivity contribution in [2.24, 2.45) is 0 Å². The summed E-state index contributed by atoms with van der Waals surface area (Å²) in [5.41, 5.74) is 1.18. The van der Waals surface area contributed by atoms with Gasteiger partial charge in [-0.1, -0.05) is 28.9 Å². The maximum absolute atomic E-state index is 13.0. The molecule has 3 rings (SSSR count). The molecule has 0 aliphatic heterocycles. The molecule has 0 fully saturated rings. The summed E-state index contributed by atoms with van der Waals surface area (Å²) in [5.74, 6) is 0.246. The lowest BCUT2D eigenvalue weighted by Gasteiger charge is -2.12. The molecule has 1 heterocycles. The molecule has 1 N–H and O–H groups in total. The molecule has 1 amide bonds. The molecule has 1 aromatic heterocycles. The molecule has 0 aliphatic rings. The highest BCUT2D eigenvalue weighted by Gasteiger charge is 2.31. The van der Waals surface area contributed by atoms with Gasteiger partial charge in [-0.05, 0) is 56.2 Å². The second kappa shape index (κ2) is 8.39. The van der Waals surface area contributed by atoms with Crippen molar-refractivity contribution in [1.82, 2.24) is 5.16 Å². The number of halogens is 4. The number of nitrogens with one attached hydrogen (secondary N) is 1. The van der Waals surface area contributed by atoms with Crippen molar-refractivity contribution >= 4 is 23.2 Å². The fraction of sp³-hybridized carbons (Fsp3) is 0.238. The molecule has 0 radical (unpaired) electrons. The maximum Gasteiger partial charge on any atom is 0.416 e. The lowest BCUT2D eigenvalue weighted by Crippen LogP contribution is -2.16. The molecule has 3 aromatic rings. The van der Waals surface area contributed by atoms with E-state index in [1.165, 1.54) is 0 Å². The normalized spacial score (nSPS) is 11.4. The van der Waals surface area contributed by atoms with E-state index in [1.54, 1.807) is 13.0 Å². The van der Waals surface area contributed by atoms with Crippen LogP contribution in [0.4, 0.5) is 18.9 Å². The van der Waals surface area contributed by atoms with Crippen molar-refractivity contribution < 1.29 is 27.2 Å². The summed E-state index contributed by atoms with van der Waals surface area (Å²) in [6.45, 7) is 5.47. The van der Waals surface area contributed by atoms with Crippen LogP contribution in [0.1, 0.15) is 38.5 Å². The van der Waals surface area contributed by atoms with Crippen molar-refractivity contribution in [2.45, 2.75) is 33.6 Å². The van der Waals surface area contributed by atoms with E-state index in [0.29, 0.717) is 17.1 Å². The molecule has 2 aromatic carbocycles. The van der Waals surface area contributed by atoms with E-state index in [0.717, 1.165) is 29.3 Å². The second-order valence-electron chi connectivity index (χ2n) is 6.70. The molecule has 0 spiro atoms. The van der Waals surface area contributed by atoms with Crippen LogP contribution in [0.3, 0.4) is 0 Å². The van der Waals surface area contributed by atoms with E-state index < -0.39 is 17.6 Å². The first-order valence-electron chi connectivity index (χ1n) is 8.90. The number of carbonyl (C=O) groups excluding carboxylic acids is 1. The summed E-state index contributed by atoms with van der Waals surface area (Å²) in [4.78, 5) is 12.7. The lowest BCUT2D eigenvalue weighted by molar-refractivity contribution is -0.137. The van der Waals surface area contributed by atoms with Gasteiger partial charge in [0.05, 0.1) is 21.8 Å². The molecule has 158 valence electrons. The smallest absolute Gasteiger partial charge is 0.416 e. The number of hydrogen-bond donors (Lipinski definition) is 1. The fourth-order valence-corrected chi connectivity index (χ4v) is 2.91. The third-order valence-electron chi connectivity index (χ3n) is 4.67. The SMILES string of the molecule is Cc1cccc(OCc2c(C(=O)Nc3cc(C(F)(F)F)ccc3Cl)noc2C)c1C. The number of ether oxygens (including phenoxy) is 1. The van der Waals surface area contributed by atoms with Crippen LogP contribution in [-0.4, -0.2) is 11.1 Å². The van der Waals surface area contributed by atoms with E-state index in [9.17, 15) is 18.0 Å². The van der Waals surface area contributed by atoms with Gasteiger partial charge in [0.2, 0.25) is 0 Å². The number of aromatic nitrogens is 1. The zero-order valence-corrected chi connectivity index (χ0v) is 17.1. The quantitative estimate of drug-likeness (QED) is 0.522. The number of aryl methyl sites for hydroxylation is 2. The highest BCUT2D eigenvalue weighted by atomic mass is 35.5. The number of nitrogens with zero attached hydrogens (tertiary/aromatic N) is 1. The van der Waals surface area contributed by atoms with Gasteiger partial charge in [0, 0.05) is 0 Å². The first kappa shape index (κ1) is 21.7. The van der Waals surface area contributed by atoms with E-state index in [-0.39, 0.29) is 23.0 Å². The van der Waals surface area contributed by atoms with Gasteiger partial charge in [-0.15, -0.1) is 0 Å². The standard InChI is InChI=1S/C21H18ClF3N2O3/c1-11-5-4-6-18(12(11)2)29-10-15-13(3)30-27-19(15)20(28)26-17-9-14(21(23,24)25)7-8-16(17)22/h4-9H,10H2,1-3H3,(H,26,28). The second-order valence-corrected chi connectivity index (χ2v) is 7.11. The largest absolute Gasteiger partial charge is 0.488 e. The Labute approximate surface area is 175 Å². The van der Waals surface area contributed by atoms with Crippen molar-refractivity contribution in [3.8, 4) is 5.75 Å². The van der Waals surface area contributed by atoms with Crippen molar-refractivity contribution in [3.63, 3.8) is 0 Å². The summed E-state index contributed by atoms with van der Waals surface area (Å²) < 4.78 is 49.8. The molecule has 5 nitrogen and oxygen atoms in total. The minimum atomic E-state index is -4.57. The number of hydrogen-bond acceptors (Lipinski definition) is 4. The predicted octanol–water partition coefficient (Wildman–Crippen LogP) is 6.10.